The molecule has 0 spiro atoms. The summed E-state index contributed by atoms with van der Waals surface area (Å²) >= 11 is 0. The van der Waals surface area contributed by atoms with E-state index in [1.165, 1.54) is 48.5 Å². The Labute approximate surface area is 381 Å². The molecule has 0 saturated heterocycles. The number of aromatic amines is 2. The number of hydrogen-bond acceptors (Lipinski definition) is 18. The van der Waals surface area contributed by atoms with Crippen molar-refractivity contribution in [1.29, 1.82) is 0 Å². The van der Waals surface area contributed by atoms with Gasteiger partial charge in [-0.3, -0.25) is 24.1 Å². The summed E-state index contributed by atoms with van der Waals surface area (Å²) in [5.74, 6) is -2.55. The van der Waals surface area contributed by atoms with E-state index in [9.17, 15) is 66.5 Å². The quantitative estimate of drug-likeness (QED) is 0.0457. The van der Waals surface area contributed by atoms with Crippen LogP contribution < -0.4 is 51.0 Å². The molecule has 6 aromatic carbocycles. The second kappa shape index (κ2) is 17.8. The maximum atomic E-state index is 14.8. The minimum Gasteiger partial charge on any atom is -0.870 e. The maximum Gasteiger partial charge on any atom is 1.00 e. The van der Waals surface area contributed by atoms with Crippen molar-refractivity contribution in [2.75, 3.05) is 0 Å². The van der Waals surface area contributed by atoms with Crippen molar-refractivity contribution in [2.24, 2.45) is 25.2 Å². The molecule has 0 unspecified atom stereocenters. The van der Waals surface area contributed by atoms with Gasteiger partial charge in [0.2, 0.25) is 11.2 Å². The van der Waals surface area contributed by atoms with Crippen LogP contribution in [0.15, 0.2) is 148 Å². The van der Waals surface area contributed by atoms with E-state index in [1.807, 2.05) is 0 Å². The van der Waals surface area contributed by atoms with Gasteiger partial charge in [0.15, 0.2) is 0 Å². The van der Waals surface area contributed by atoms with E-state index in [0.29, 0.717) is 29.7 Å². The molecule has 28 heteroatoms. The third kappa shape index (κ3) is 10.3. The molecular formula is C36H21FN8NaO14S4-3. The second-order valence-corrected chi connectivity index (χ2v) is 18.2. The van der Waals surface area contributed by atoms with Crippen molar-refractivity contribution in [3.8, 4) is 5.75 Å². The summed E-state index contributed by atoms with van der Waals surface area (Å²) < 4.78 is 158. The fourth-order valence-corrected chi connectivity index (χ4v) is 8.61. The number of aliphatic imine (C=N–C) groups is 1. The molecule has 0 radical (unpaired) electrons. The molecule has 0 atom stereocenters. The molecule has 1 heterocycles. The smallest absolute Gasteiger partial charge is 0.870 e. The molecule has 0 amide bonds. The molecule has 22 nitrogen and oxygen atoms in total. The zero-order chi connectivity index (χ0) is 45.6. The summed E-state index contributed by atoms with van der Waals surface area (Å²) in [5, 5.41) is 33.3. The largest absolute Gasteiger partial charge is 1.00 e. The number of azo groups is 1. The van der Waals surface area contributed by atoms with Gasteiger partial charge in [-0.15, -0.1) is 10.2 Å². The SMILES string of the molecule is O=S(=O)([O-])c1cc(N=C([O-])c2ccccc2)c2c([O-])c(N=Nc3cc(N=c4nc(F)[nH]c(=Nc5ccc6ccccc6c5S(=O)(=O)O)[nH]4)ccc3S(=O)(=O)[O-])c(S(=O)(=O)O)cc2c1.[Na+]. The molecule has 4 N–H and O–H groups in total. The van der Waals surface area contributed by atoms with Crippen LogP contribution in [0.4, 0.5) is 32.8 Å². The third-order valence-corrected chi connectivity index (χ3v) is 12.1. The number of hydrogen-bond donors (Lipinski definition) is 4. The zero-order valence-corrected chi connectivity index (χ0v) is 37.1. The van der Waals surface area contributed by atoms with Crippen molar-refractivity contribution in [3.05, 3.63) is 126 Å². The van der Waals surface area contributed by atoms with Gasteiger partial charge >= 0.3 is 29.6 Å². The Hall–Kier alpha value is -6.11. The number of nitrogens with one attached hydrogen (secondary N) is 2. The van der Waals surface area contributed by atoms with Crippen LogP contribution in [0, 0.1) is 6.08 Å². The minimum absolute atomic E-state index is 0. The first-order valence-corrected chi connectivity index (χ1v) is 22.7. The molecule has 64 heavy (non-hydrogen) atoms. The van der Waals surface area contributed by atoms with Crippen LogP contribution in [0.3, 0.4) is 0 Å². The average molecular weight is 960 g/mol. The van der Waals surface area contributed by atoms with Crippen LogP contribution in [0.25, 0.3) is 21.5 Å². The Morgan fingerprint density at radius 3 is 2.02 bits per heavy atom. The number of benzene rings is 6. The number of H-pyrrole nitrogens is 2. The summed E-state index contributed by atoms with van der Waals surface area (Å²) in [4.78, 5) is 15.7. The van der Waals surface area contributed by atoms with Gasteiger partial charge in [-0.25, -0.2) is 26.8 Å². The Morgan fingerprint density at radius 1 is 0.672 bits per heavy atom. The van der Waals surface area contributed by atoms with Crippen molar-refractivity contribution in [1.82, 2.24) is 15.0 Å². The van der Waals surface area contributed by atoms with Crippen LogP contribution in [-0.2, 0) is 40.5 Å². The third-order valence-electron chi connectivity index (χ3n) is 8.60. The average Bonchev–Trinajstić information content (AvgIpc) is 3.18. The maximum absolute atomic E-state index is 14.8. The molecule has 324 valence electrons. The molecule has 0 fully saturated rings. The molecule has 0 bridgehead atoms. The molecule has 0 aliphatic carbocycles. The van der Waals surface area contributed by atoms with Gasteiger partial charge in [0.1, 0.15) is 35.7 Å². The Kier molecular flexibility index (Phi) is 13.2. The number of rotatable bonds is 10. The Morgan fingerprint density at radius 2 is 1.36 bits per heavy atom. The summed E-state index contributed by atoms with van der Waals surface area (Å²) in [5.41, 5.74) is -4.91. The van der Waals surface area contributed by atoms with Crippen LogP contribution in [0.2, 0.25) is 0 Å². The summed E-state index contributed by atoms with van der Waals surface area (Å²) in [6, 6.07) is 19.7. The van der Waals surface area contributed by atoms with E-state index < -0.39 is 117 Å². The van der Waals surface area contributed by atoms with Gasteiger partial charge in [0.25, 0.3) is 26.3 Å². The van der Waals surface area contributed by atoms with E-state index in [-0.39, 0.29) is 51.9 Å². The summed E-state index contributed by atoms with van der Waals surface area (Å²) in [6.07, 6.45) is -1.35. The van der Waals surface area contributed by atoms with Crippen LogP contribution in [0.5, 0.6) is 5.75 Å². The minimum atomic E-state index is -5.50. The van der Waals surface area contributed by atoms with Gasteiger partial charge in [-0.05, 0) is 64.7 Å². The molecule has 7 rings (SSSR count). The fraction of sp³-hybridized carbons (Fsp3) is 0. The molecular weight excluding hydrogens is 939 g/mol. The van der Waals surface area contributed by atoms with Crippen molar-refractivity contribution in [3.63, 3.8) is 0 Å². The van der Waals surface area contributed by atoms with Gasteiger partial charge in [-0.2, -0.15) is 26.2 Å². The van der Waals surface area contributed by atoms with E-state index in [1.54, 1.807) is 18.2 Å². The monoisotopic (exact) mass is 959 g/mol. The standard InChI is InChI=1S/C36H25FN8O14S4.Na/c37-34-41-35(43-36(42-34)40-24-12-10-18-6-4-5-9-23(18)32(24)63(57,58)59)38-21-11-13-27(61(51,52)53)25(16-21)44-45-30-28(62(54,55)56)15-20-14-22(60(48,49)50)17-26(29(20)31(30)46)39-33(47)19-7-2-1-3-8-19;/h1-17,46H,(H,39,47)(H,48,49,50)(H,51,52,53)(H,54,55,56)(H,57,58,59)(H2,38,40,41,42,43);/q;+1/p-4. The van der Waals surface area contributed by atoms with Crippen molar-refractivity contribution < 1.29 is 96.0 Å². The summed E-state index contributed by atoms with van der Waals surface area (Å²) in [6.45, 7) is 0. The van der Waals surface area contributed by atoms with Crippen molar-refractivity contribution in [2.45, 2.75) is 19.6 Å². The van der Waals surface area contributed by atoms with Crippen LogP contribution in [-0.4, -0.2) is 72.7 Å². The number of fused-ring (bicyclic) bond motifs is 2. The molecule has 0 aliphatic rings. The van der Waals surface area contributed by atoms with E-state index in [0.717, 1.165) is 12.1 Å². The Balaban J connectivity index is 0.00000680. The first kappa shape index (κ1) is 47.4. The second-order valence-electron chi connectivity index (χ2n) is 12.8. The molecule has 1 aromatic heterocycles. The zero-order valence-electron chi connectivity index (χ0n) is 31.8. The van der Waals surface area contributed by atoms with E-state index in [2.05, 4.69) is 40.2 Å². The summed E-state index contributed by atoms with van der Waals surface area (Å²) in [7, 11) is -21.2. The first-order valence-electron chi connectivity index (χ1n) is 17.0. The van der Waals surface area contributed by atoms with Gasteiger partial charge in [0.05, 0.1) is 32.5 Å². The number of nitrogens with zero attached hydrogens (tertiary/aromatic N) is 6. The Bertz CT molecular complexity index is 3740. The molecule has 7 aromatic rings. The first-order chi connectivity index (χ1) is 29.5. The molecule has 0 saturated carbocycles. The van der Waals surface area contributed by atoms with Crippen LogP contribution in [0.1, 0.15) is 5.56 Å². The number of aromatic nitrogens is 3. The van der Waals surface area contributed by atoms with Gasteiger partial charge in [-0.1, -0.05) is 66.4 Å². The predicted molar refractivity (Wildman–Crippen MR) is 209 cm³/mol. The number of halogens is 1. The fourth-order valence-electron chi connectivity index (χ4n) is 6.00. The normalized spacial score (nSPS) is 13.5. The van der Waals surface area contributed by atoms with Crippen molar-refractivity contribution >= 4 is 96.4 Å². The van der Waals surface area contributed by atoms with Gasteiger partial charge in [0, 0.05) is 10.8 Å². The predicted octanol–water partition coefficient (Wildman–Crippen LogP) is -0.119. The van der Waals surface area contributed by atoms with E-state index in [4.69, 9.17) is 0 Å². The van der Waals surface area contributed by atoms with Gasteiger partial charge < -0.3 is 19.3 Å². The van der Waals surface area contributed by atoms with Crippen LogP contribution >= 0.6 is 0 Å². The topological polar surface area (TPSA) is 376 Å². The van der Waals surface area contributed by atoms with E-state index >= 15 is 0 Å². The molecule has 0 aliphatic heterocycles.